The molecule has 1 aliphatic heterocycles. The van der Waals surface area contributed by atoms with Crippen LogP contribution in [0.15, 0.2) is 0 Å². The zero-order chi connectivity index (χ0) is 10.7. The van der Waals surface area contributed by atoms with Crippen molar-refractivity contribution in [2.24, 2.45) is 5.73 Å². The van der Waals surface area contributed by atoms with Crippen LogP contribution in [-0.4, -0.2) is 55.0 Å². The standard InChI is InChI=1S/C10H21N3O/c1-8(11)6-10(14)13-5-4-9(7-13)12(2)3/h8-9H,4-7,11H2,1-3H3. The molecule has 0 aromatic heterocycles. The third-order valence-corrected chi connectivity index (χ3v) is 2.74. The predicted octanol–water partition coefficient (Wildman–Crippen LogP) is -0.114. The highest BCUT2D eigenvalue weighted by molar-refractivity contribution is 5.77. The van der Waals surface area contributed by atoms with Gasteiger partial charge in [0.1, 0.15) is 0 Å². The van der Waals surface area contributed by atoms with E-state index in [4.69, 9.17) is 5.73 Å². The van der Waals surface area contributed by atoms with Gasteiger partial charge in [0.05, 0.1) is 0 Å². The Kier molecular flexibility index (Phi) is 3.89. The van der Waals surface area contributed by atoms with Crippen molar-refractivity contribution in [1.29, 1.82) is 0 Å². The van der Waals surface area contributed by atoms with Crippen molar-refractivity contribution in [2.45, 2.75) is 31.8 Å². The minimum Gasteiger partial charge on any atom is -0.341 e. The molecule has 0 radical (unpaired) electrons. The van der Waals surface area contributed by atoms with Crippen LogP contribution >= 0.6 is 0 Å². The van der Waals surface area contributed by atoms with E-state index < -0.39 is 0 Å². The normalized spacial score (nSPS) is 24.4. The number of carbonyl (C=O) groups is 1. The molecule has 4 nitrogen and oxygen atoms in total. The molecule has 4 heteroatoms. The molecule has 0 aromatic carbocycles. The number of rotatable bonds is 3. The maximum atomic E-state index is 11.7. The van der Waals surface area contributed by atoms with Crippen LogP contribution in [0.1, 0.15) is 19.8 Å². The summed E-state index contributed by atoms with van der Waals surface area (Å²) in [5.41, 5.74) is 5.60. The molecular weight excluding hydrogens is 178 g/mol. The van der Waals surface area contributed by atoms with Gasteiger partial charge in [-0.1, -0.05) is 0 Å². The fourth-order valence-corrected chi connectivity index (χ4v) is 1.79. The molecule has 1 saturated heterocycles. The van der Waals surface area contributed by atoms with Gasteiger partial charge in [0.25, 0.3) is 0 Å². The van der Waals surface area contributed by atoms with Gasteiger partial charge in [-0.05, 0) is 27.4 Å². The van der Waals surface area contributed by atoms with Gasteiger partial charge in [0, 0.05) is 31.6 Å². The summed E-state index contributed by atoms with van der Waals surface area (Å²) in [6, 6.07) is 0.493. The second-order valence-corrected chi connectivity index (χ2v) is 4.43. The van der Waals surface area contributed by atoms with E-state index in [9.17, 15) is 4.79 Å². The lowest BCUT2D eigenvalue weighted by Crippen LogP contribution is -2.36. The Balaban J connectivity index is 2.38. The molecule has 0 aromatic rings. The summed E-state index contributed by atoms with van der Waals surface area (Å²) in [5.74, 6) is 0.198. The minimum atomic E-state index is -0.0269. The topological polar surface area (TPSA) is 49.6 Å². The summed E-state index contributed by atoms with van der Waals surface area (Å²) in [4.78, 5) is 15.8. The lowest BCUT2D eigenvalue weighted by molar-refractivity contribution is -0.130. The van der Waals surface area contributed by atoms with Gasteiger partial charge in [-0.15, -0.1) is 0 Å². The highest BCUT2D eigenvalue weighted by Crippen LogP contribution is 2.14. The fraction of sp³-hybridized carbons (Fsp3) is 0.900. The number of likely N-dealkylation sites (N-methyl/N-ethyl adjacent to an activating group) is 1. The van der Waals surface area contributed by atoms with Crippen LogP contribution in [0, 0.1) is 0 Å². The summed E-state index contributed by atoms with van der Waals surface area (Å²) in [7, 11) is 4.12. The Labute approximate surface area is 86.0 Å². The van der Waals surface area contributed by atoms with Gasteiger partial charge in [-0.3, -0.25) is 4.79 Å². The van der Waals surface area contributed by atoms with Gasteiger partial charge < -0.3 is 15.5 Å². The zero-order valence-electron chi connectivity index (χ0n) is 9.36. The second kappa shape index (κ2) is 4.75. The van der Waals surface area contributed by atoms with Gasteiger partial charge in [-0.25, -0.2) is 0 Å². The molecule has 82 valence electrons. The molecule has 1 fully saturated rings. The van der Waals surface area contributed by atoms with Crippen LogP contribution in [0.3, 0.4) is 0 Å². The molecule has 1 aliphatic rings. The monoisotopic (exact) mass is 199 g/mol. The molecule has 2 atom stereocenters. The number of likely N-dealkylation sites (tertiary alicyclic amines) is 1. The first-order chi connectivity index (χ1) is 6.50. The van der Waals surface area contributed by atoms with Crippen molar-refractivity contribution in [1.82, 2.24) is 9.80 Å². The number of nitrogens with zero attached hydrogens (tertiary/aromatic N) is 2. The molecule has 0 aliphatic carbocycles. The minimum absolute atomic E-state index is 0.0269. The molecule has 14 heavy (non-hydrogen) atoms. The SMILES string of the molecule is CC(N)CC(=O)N1CCC(N(C)C)C1. The smallest absolute Gasteiger partial charge is 0.224 e. The average molecular weight is 199 g/mol. The Morgan fingerprint density at radius 2 is 2.29 bits per heavy atom. The highest BCUT2D eigenvalue weighted by Gasteiger charge is 2.27. The maximum absolute atomic E-state index is 11.7. The lowest BCUT2D eigenvalue weighted by Gasteiger charge is -2.20. The van der Waals surface area contributed by atoms with Crippen LogP contribution in [0.25, 0.3) is 0 Å². The summed E-state index contributed by atoms with van der Waals surface area (Å²) in [6.45, 7) is 3.62. The van der Waals surface area contributed by atoms with Crippen LogP contribution in [0.4, 0.5) is 0 Å². The van der Waals surface area contributed by atoms with Gasteiger partial charge in [0.2, 0.25) is 5.91 Å². The maximum Gasteiger partial charge on any atom is 0.224 e. The second-order valence-electron chi connectivity index (χ2n) is 4.43. The molecule has 1 heterocycles. The van der Waals surface area contributed by atoms with E-state index in [1.54, 1.807) is 0 Å². The van der Waals surface area contributed by atoms with E-state index in [2.05, 4.69) is 19.0 Å². The van der Waals surface area contributed by atoms with Crippen LogP contribution in [0.2, 0.25) is 0 Å². The van der Waals surface area contributed by atoms with Crippen molar-refractivity contribution in [3.8, 4) is 0 Å². The van der Waals surface area contributed by atoms with Crippen molar-refractivity contribution < 1.29 is 4.79 Å². The van der Waals surface area contributed by atoms with E-state index in [0.29, 0.717) is 12.5 Å². The highest BCUT2D eigenvalue weighted by atomic mass is 16.2. The third kappa shape index (κ3) is 2.96. The summed E-state index contributed by atoms with van der Waals surface area (Å²) in [6.07, 6.45) is 1.55. The first kappa shape index (κ1) is 11.5. The molecule has 1 rings (SSSR count). The third-order valence-electron chi connectivity index (χ3n) is 2.74. The van der Waals surface area contributed by atoms with E-state index in [1.165, 1.54) is 0 Å². The molecule has 1 amide bonds. The van der Waals surface area contributed by atoms with Crippen LogP contribution in [0.5, 0.6) is 0 Å². The van der Waals surface area contributed by atoms with Crippen molar-refractivity contribution in [3.05, 3.63) is 0 Å². The Hall–Kier alpha value is -0.610. The zero-order valence-corrected chi connectivity index (χ0v) is 9.36. The molecule has 0 bridgehead atoms. The Bertz CT molecular complexity index is 204. The lowest BCUT2D eigenvalue weighted by atomic mass is 10.2. The molecule has 2 N–H and O–H groups in total. The van der Waals surface area contributed by atoms with Crippen LogP contribution in [-0.2, 0) is 4.79 Å². The first-order valence-corrected chi connectivity index (χ1v) is 5.20. The first-order valence-electron chi connectivity index (χ1n) is 5.20. The summed E-state index contributed by atoms with van der Waals surface area (Å²) >= 11 is 0. The van der Waals surface area contributed by atoms with Crippen molar-refractivity contribution in [2.75, 3.05) is 27.2 Å². The Morgan fingerprint density at radius 1 is 1.64 bits per heavy atom. The number of carbonyl (C=O) groups excluding carboxylic acids is 1. The number of amides is 1. The van der Waals surface area contributed by atoms with Crippen LogP contribution < -0.4 is 5.73 Å². The number of hydrogen-bond donors (Lipinski definition) is 1. The predicted molar refractivity (Wildman–Crippen MR) is 56.9 cm³/mol. The number of nitrogens with two attached hydrogens (primary N) is 1. The largest absolute Gasteiger partial charge is 0.341 e. The Morgan fingerprint density at radius 3 is 2.71 bits per heavy atom. The van der Waals surface area contributed by atoms with E-state index in [0.717, 1.165) is 19.5 Å². The molecule has 0 saturated carbocycles. The van der Waals surface area contributed by atoms with Gasteiger partial charge in [-0.2, -0.15) is 0 Å². The summed E-state index contributed by atoms with van der Waals surface area (Å²) in [5, 5.41) is 0. The summed E-state index contributed by atoms with van der Waals surface area (Å²) < 4.78 is 0. The van der Waals surface area contributed by atoms with E-state index >= 15 is 0 Å². The quantitative estimate of drug-likeness (QED) is 0.690. The van der Waals surface area contributed by atoms with Crippen molar-refractivity contribution >= 4 is 5.91 Å². The number of hydrogen-bond acceptors (Lipinski definition) is 3. The van der Waals surface area contributed by atoms with Gasteiger partial charge >= 0.3 is 0 Å². The van der Waals surface area contributed by atoms with E-state index in [-0.39, 0.29) is 11.9 Å². The van der Waals surface area contributed by atoms with Gasteiger partial charge in [0.15, 0.2) is 0 Å². The average Bonchev–Trinajstić information content (AvgIpc) is 2.50. The molecular formula is C10H21N3O. The molecule has 2 unspecified atom stereocenters. The van der Waals surface area contributed by atoms with Crippen molar-refractivity contribution in [3.63, 3.8) is 0 Å². The van der Waals surface area contributed by atoms with E-state index in [1.807, 2.05) is 11.8 Å². The molecule has 0 spiro atoms. The fourth-order valence-electron chi connectivity index (χ4n) is 1.79.